The first-order valence-corrected chi connectivity index (χ1v) is 7.60. The highest BCUT2D eigenvalue weighted by Crippen LogP contribution is 2.20. The van der Waals surface area contributed by atoms with Crippen molar-refractivity contribution in [2.45, 2.75) is 58.9 Å². The van der Waals surface area contributed by atoms with Crippen molar-refractivity contribution in [3.8, 4) is 0 Å². The second-order valence-electron chi connectivity index (χ2n) is 6.18. The summed E-state index contributed by atoms with van der Waals surface area (Å²) >= 11 is 0. The van der Waals surface area contributed by atoms with Crippen LogP contribution in [0.2, 0.25) is 0 Å². The smallest absolute Gasteiger partial charge is 0.309 e. The first-order chi connectivity index (χ1) is 9.79. The van der Waals surface area contributed by atoms with Gasteiger partial charge in [-0.2, -0.15) is 0 Å². The summed E-state index contributed by atoms with van der Waals surface area (Å²) in [7, 11) is 0. The molecule has 120 valence electrons. The number of aliphatic carboxylic acids is 1. The molecule has 0 spiro atoms. The summed E-state index contributed by atoms with van der Waals surface area (Å²) in [5, 5.41) is 11.8. The highest BCUT2D eigenvalue weighted by Gasteiger charge is 2.32. The van der Waals surface area contributed by atoms with E-state index in [0.717, 1.165) is 12.8 Å². The number of carboxylic acids is 1. The summed E-state index contributed by atoms with van der Waals surface area (Å²) in [5.41, 5.74) is -0.862. The van der Waals surface area contributed by atoms with E-state index in [2.05, 4.69) is 5.32 Å². The standard InChI is InChI=1S/C15H26N2O4/c1-4-12(18)17-10-6-5-7-11(17)13(19)16-9-8-15(2,3)14(20)21/h11H,4-10H2,1-3H3,(H,16,19)(H,20,21). The largest absolute Gasteiger partial charge is 0.481 e. The molecule has 21 heavy (non-hydrogen) atoms. The molecule has 6 nitrogen and oxygen atoms in total. The van der Waals surface area contributed by atoms with Gasteiger partial charge in [0.2, 0.25) is 11.8 Å². The SMILES string of the molecule is CCC(=O)N1CCCCC1C(=O)NCCC(C)(C)C(=O)O. The third kappa shape index (κ3) is 4.72. The fourth-order valence-electron chi connectivity index (χ4n) is 2.43. The molecule has 0 aromatic heterocycles. The molecule has 1 saturated heterocycles. The Morgan fingerprint density at radius 3 is 2.52 bits per heavy atom. The Morgan fingerprint density at radius 2 is 1.95 bits per heavy atom. The molecular weight excluding hydrogens is 272 g/mol. The van der Waals surface area contributed by atoms with Gasteiger partial charge in [-0.25, -0.2) is 0 Å². The number of rotatable bonds is 6. The molecule has 0 saturated carbocycles. The maximum Gasteiger partial charge on any atom is 0.309 e. The van der Waals surface area contributed by atoms with E-state index in [9.17, 15) is 14.4 Å². The minimum absolute atomic E-state index is 0.000663. The number of carbonyl (C=O) groups excluding carboxylic acids is 2. The van der Waals surface area contributed by atoms with Crippen LogP contribution in [-0.2, 0) is 14.4 Å². The Labute approximate surface area is 125 Å². The van der Waals surface area contributed by atoms with Gasteiger partial charge in [0.25, 0.3) is 0 Å². The van der Waals surface area contributed by atoms with E-state index < -0.39 is 17.4 Å². The number of hydrogen-bond donors (Lipinski definition) is 2. The second-order valence-corrected chi connectivity index (χ2v) is 6.18. The molecule has 2 N–H and O–H groups in total. The molecule has 0 aromatic carbocycles. The van der Waals surface area contributed by atoms with Crippen LogP contribution in [-0.4, -0.2) is 46.9 Å². The lowest BCUT2D eigenvalue weighted by molar-refractivity contribution is -0.147. The van der Waals surface area contributed by atoms with Crippen molar-refractivity contribution in [1.82, 2.24) is 10.2 Å². The maximum atomic E-state index is 12.2. The van der Waals surface area contributed by atoms with Crippen LogP contribution in [0.15, 0.2) is 0 Å². The predicted octanol–water partition coefficient (Wildman–Crippen LogP) is 1.39. The highest BCUT2D eigenvalue weighted by molar-refractivity contribution is 5.87. The average Bonchev–Trinajstić information content (AvgIpc) is 2.45. The summed E-state index contributed by atoms with van der Waals surface area (Å²) in [5.74, 6) is -1.05. The molecule has 2 amide bonds. The minimum Gasteiger partial charge on any atom is -0.481 e. The summed E-state index contributed by atoms with van der Waals surface area (Å²) < 4.78 is 0. The molecule has 6 heteroatoms. The number of hydrogen-bond acceptors (Lipinski definition) is 3. The van der Waals surface area contributed by atoms with Gasteiger partial charge in [-0.05, 0) is 39.5 Å². The van der Waals surface area contributed by atoms with Crippen molar-refractivity contribution in [2.24, 2.45) is 5.41 Å². The minimum atomic E-state index is -0.878. The van der Waals surface area contributed by atoms with Crippen LogP contribution in [0.25, 0.3) is 0 Å². The number of nitrogens with one attached hydrogen (secondary N) is 1. The van der Waals surface area contributed by atoms with Gasteiger partial charge in [-0.1, -0.05) is 6.92 Å². The van der Waals surface area contributed by atoms with Gasteiger partial charge >= 0.3 is 5.97 Å². The van der Waals surface area contributed by atoms with Crippen molar-refractivity contribution in [1.29, 1.82) is 0 Å². The molecule has 1 unspecified atom stereocenters. The fourth-order valence-corrected chi connectivity index (χ4v) is 2.43. The number of likely N-dealkylation sites (tertiary alicyclic amines) is 1. The van der Waals surface area contributed by atoms with E-state index in [1.165, 1.54) is 0 Å². The number of amides is 2. The number of carboxylic acid groups (broad SMARTS) is 1. The van der Waals surface area contributed by atoms with Crippen LogP contribution < -0.4 is 5.32 Å². The molecule has 1 heterocycles. The Bertz CT molecular complexity index is 406. The van der Waals surface area contributed by atoms with Crippen LogP contribution in [0.1, 0.15) is 52.9 Å². The van der Waals surface area contributed by atoms with Gasteiger partial charge in [0.15, 0.2) is 0 Å². The van der Waals surface area contributed by atoms with Gasteiger partial charge in [0, 0.05) is 19.5 Å². The number of nitrogens with zero attached hydrogens (tertiary/aromatic N) is 1. The van der Waals surface area contributed by atoms with Crippen LogP contribution in [0, 0.1) is 5.41 Å². The highest BCUT2D eigenvalue weighted by atomic mass is 16.4. The monoisotopic (exact) mass is 298 g/mol. The molecule has 0 aromatic rings. The van der Waals surface area contributed by atoms with Crippen molar-refractivity contribution < 1.29 is 19.5 Å². The Morgan fingerprint density at radius 1 is 1.29 bits per heavy atom. The van der Waals surface area contributed by atoms with Gasteiger partial charge in [-0.15, -0.1) is 0 Å². The summed E-state index contributed by atoms with van der Waals surface area (Å²) in [6, 6.07) is -0.404. The first kappa shape index (κ1) is 17.5. The third-order valence-electron chi connectivity index (χ3n) is 4.06. The fraction of sp³-hybridized carbons (Fsp3) is 0.800. The summed E-state index contributed by atoms with van der Waals surface area (Å²) in [4.78, 5) is 36.8. The van der Waals surface area contributed by atoms with Crippen molar-refractivity contribution in [3.05, 3.63) is 0 Å². The Balaban J connectivity index is 2.53. The van der Waals surface area contributed by atoms with E-state index in [0.29, 0.717) is 32.4 Å². The van der Waals surface area contributed by atoms with Crippen LogP contribution in [0.4, 0.5) is 0 Å². The van der Waals surface area contributed by atoms with Gasteiger partial charge in [-0.3, -0.25) is 14.4 Å². The van der Waals surface area contributed by atoms with Gasteiger partial charge in [0.1, 0.15) is 6.04 Å². The molecule has 1 rings (SSSR count). The van der Waals surface area contributed by atoms with E-state index in [1.54, 1.807) is 25.7 Å². The van der Waals surface area contributed by atoms with E-state index in [4.69, 9.17) is 5.11 Å². The predicted molar refractivity (Wildman–Crippen MR) is 78.7 cm³/mol. The van der Waals surface area contributed by atoms with Crippen molar-refractivity contribution in [3.63, 3.8) is 0 Å². The van der Waals surface area contributed by atoms with Crippen LogP contribution in [0.5, 0.6) is 0 Å². The lowest BCUT2D eigenvalue weighted by Crippen LogP contribution is -2.52. The lowest BCUT2D eigenvalue weighted by atomic mass is 9.89. The van der Waals surface area contributed by atoms with Crippen LogP contribution >= 0.6 is 0 Å². The first-order valence-electron chi connectivity index (χ1n) is 7.60. The zero-order valence-corrected chi connectivity index (χ0v) is 13.1. The molecule has 1 aliphatic rings. The third-order valence-corrected chi connectivity index (χ3v) is 4.06. The Hall–Kier alpha value is -1.59. The van der Waals surface area contributed by atoms with Crippen molar-refractivity contribution in [2.75, 3.05) is 13.1 Å². The molecule has 0 radical (unpaired) electrons. The van der Waals surface area contributed by atoms with Gasteiger partial charge in [0.05, 0.1) is 5.41 Å². The Kier molecular flexibility index (Phi) is 6.18. The zero-order valence-electron chi connectivity index (χ0n) is 13.1. The molecular formula is C15H26N2O4. The molecule has 1 atom stereocenters. The summed E-state index contributed by atoms with van der Waals surface area (Å²) in [6.07, 6.45) is 3.31. The molecule has 0 bridgehead atoms. The zero-order chi connectivity index (χ0) is 16.0. The second kappa shape index (κ2) is 7.43. The quantitative estimate of drug-likeness (QED) is 0.776. The normalized spacial score (nSPS) is 19.2. The van der Waals surface area contributed by atoms with Crippen molar-refractivity contribution >= 4 is 17.8 Å². The topological polar surface area (TPSA) is 86.7 Å². The van der Waals surface area contributed by atoms with E-state index in [1.807, 2.05) is 0 Å². The van der Waals surface area contributed by atoms with E-state index in [-0.39, 0.29) is 11.8 Å². The molecule has 1 fully saturated rings. The van der Waals surface area contributed by atoms with E-state index >= 15 is 0 Å². The maximum absolute atomic E-state index is 12.2. The lowest BCUT2D eigenvalue weighted by Gasteiger charge is -2.34. The number of carbonyl (C=O) groups is 3. The molecule has 0 aliphatic carbocycles. The average molecular weight is 298 g/mol. The van der Waals surface area contributed by atoms with Crippen LogP contribution in [0.3, 0.4) is 0 Å². The molecule has 1 aliphatic heterocycles. The van der Waals surface area contributed by atoms with Gasteiger partial charge < -0.3 is 15.3 Å². The summed E-state index contributed by atoms with van der Waals surface area (Å²) in [6.45, 7) is 6.00. The number of piperidine rings is 1.